The number of likely N-dealkylation sites (tertiary alicyclic amines) is 1. The number of anilines is 1. The molecule has 0 saturated carbocycles. The molecule has 0 bridgehead atoms. The van der Waals surface area contributed by atoms with Crippen LogP contribution in [0.2, 0.25) is 0 Å². The molecule has 1 N–H and O–H groups in total. The maximum atomic E-state index is 13.2. The average molecular weight is 444 g/mol. The Balaban J connectivity index is 1.25. The van der Waals surface area contributed by atoms with Gasteiger partial charge in [0.15, 0.2) is 0 Å². The standard InChI is InChI=1S/C26H29N5O2/c1-29(22-11-3-2-4-12-22)26(33)23-14-27-28-25(23)21-10-7-13-31(17-21)24(32)18-30-15-19-8-5-6-9-20(19)16-30/h2-6,8-9,11-12,14,21H,7,10,13,15-18H2,1H3,(H,27,28)/t21-/m1/s1. The normalized spacial score (nSPS) is 18.2. The van der Waals surface area contributed by atoms with Crippen LogP contribution < -0.4 is 4.90 Å². The number of hydrogen-bond acceptors (Lipinski definition) is 4. The first kappa shape index (κ1) is 21.4. The zero-order valence-electron chi connectivity index (χ0n) is 18.9. The molecule has 33 heavy (non-hydrogen) atoms. The molecule has 7 nitrogen and oxygen atoms in total. The Morgan fingerprint density at radius 1 is 1.06 bits per heavy atom. The van der Waals surface area contributed by atoms with Crippen molar-refractivity contribution in [3.8, 4) is 0 Å². The van der Waals surface area contributed by atoms with Crippen molar-refractivity contribution >= 4 is 17.5 Å². The number of hydrogen-bond donors (Lipinski definition) is 1. The molecule has 2 aliphatic heterocycles. The van der Waals surface area contributed by atoms with Gasteiger partial charge < -0.3 is 9.80 Å². The minimum absolute atomic E-state index is 0.0732. The minimum atomic E-state index is -0.0942. The van der Waals surface area contributed by atoms with Crippen molar-refractivity contribution in [2.75, 3.05) is 31.6 Å². The molecule has 0 radical (unpaired) electrons. The first-order valence-corrected chi connectivity index (χ1v) is 11.5. The van der Waals surface area contributed by atoms with Gasteiger partial charge in [0.1, 0.15) is 0 Å². The highest BCUT2D eigenvalue weighted by atomic mass is 16.2. The van der Waals surface area contributed by atoms with Crippen LogP contribution in [0.4, 0.5) is 5.69 Å². The van der Waals surface area contributed by atoms with E-state index in [4.69, 9.17) is 0 Å². The lowest BCUT2D eigenvalue weighted by Crippen LogP contribution is -2.44. The Morgan fingerprint density at radius 3 is 2.48 bits per heavy atom. The second-order valence-corrected chi connectivity index (χ2v) is 8.99. The van der Waals surface area contributed by atoms with Crippen molar-refractivity contribution in [3.63, 3.8) is 0 Å². The highest BCUT2D eigenvalue weighted by Gasteiger charge is 2.31. The fraction of sp³-hybridized carbons (Fsp3) is 0.346. The molecule has 170 valence electrons. The molecule has 3 heterocycles. The van der Waals surface area contributed by atoms with Gasteiger partial charge in [-0.25, -0.2) is 0 Å². The van der Waals surface area contributed by atoms with E-state index in [1.54, 1.807) is 18.1 Å². The van der Waals surface area contributed by atoms with Crippen molar-refractivity contribution in [2.24, 2.45) is 0 Å². The quantitative estimate of drug-likeness (QED) is 0.656. The minimum Gasteiger partial charge on any atom is -0.341 e. The summed E-state index contributed by atoms with van der Waals surface area (Å²) in [6.07, 6.45) is 3.45. The lowest BCUT2D eigenvalue weighted by molar-refractivity contribution is -0.133. The highest BCUT2D eigenvalue weighted by Crippen LogP contribution is 2.30. The molecule has 0 aliphatic carbocycles. The van der Waals surface area contributed by atoms with Crippen molar-refractivity contribution in [1.29, 1.82) is 0 Å². The Labute approximate surface area is 194 Å². The van der Waals surface area contributed by atoms with E-state index in [-0.39, 0.29) is 17.7 Å². The van der Waals surface area contributed by atoms with E-state index in [0.29, 0.717) is 18.7 Å². The maximum absolute atomic E-state index is 13.2. The van der Waals surface area contributed by atoms with E-state index in [2.05, 4.69) is 39.4 Å². The fourth-order valence-corrected chi connectivity index (χ4v) is 4.97. The van der Waals surface area contributed by atoms with Gasteiger partial charge >= 0.3 is 0 Å². The highest BCUT2D eigenvalue weighted by molar-refractivity contribution is 6.06. The molecule has 2 aliphatic rings. The number of carbonyl (C=O) groups excluding carboxylic acids is 2. The van der Waals surface area contributed by atoms with Crippen molar-refractivity contribution in [1.82, 2.24) is 20.0 Å². The van der Waals surface area contributed by atoms with Gasteiger partial charge in [0.2, 0.25) is 5.91 Å². The summed E-state index contributed by atoms with van der Waals surface area (Å²) in [6, 6.07) is 18.0. The van der Waals surface area contributed by atoms with Gasteiger partial charge in [0, 0.05) is 44.8 Å². The lowest BCUT2D eigenvalue weighted by Gasteiger charge is -2.34. The number of nitrogens with zero attached hydrogens (tertiary/aromatic N) is 4. The number of aromatic nitrogens is 2. The van der Waals surface area contributed by atoms with Crippen LogP contribution in [0.5, 0.6) is 0 Å². The molecule has 3 aromatic rings. The summed E-state index contributed by atoms with van der Waals surface area (Å²) in [4.78, 5) is 32.1. The van der Waals surface area contributed by atoms with Crippen LogP contribution in [-0.4, -0.2) is 58.5 Å². The summed E-state index contributed by atoms with van der Waals surface area (Å²) in [5, 5.41) is 7.25. The average Bonchev–Trinajstić information content (AvgIpc) is 3.50. The molecular weight excluding hydrogens is 414 g/mol. The molecule has 1 atom stereocenters. The second-order valence-electron chi connectivity index (χ2n) is 8.99. The largest absolute Gasteiger partial charge is 0.341 e. The third-order valence-corrected chi connectivity index (χ3v) is 6.79. The summed E-state index contributed by atoms with van der Waals surface area (Å²) in [5.41, 5.74) is 4.86. The predicted molar refractivity (Wildman–Crippen MR) is 127 cm³/mol. The predicted octanol–water partition coefficient (Wildman–Crippen LogP) is 3.41. The summed E-state index contributed by atoms with van der Waals surface area (Å²) >= 11 is 0. The monoisotopic (exact) mass is 443 g/mol. The van der Waals surface area contributed by atoms with Gasteiger partial charge in [0.25, 0.3) is 5.91 Å². The van der Waals surface area contributed by atoms with Crippen LogP contribution in [0.25, 0.3) is 0 Å². The number of nitrogens with one attached hydrogen (secondary N) is 1. The van der Waals surface area contributed by atoms with Gasteiger partial charge in [-0.1, -0.05) is 42.5 Å². The summed E-state index contributed by atoms with van der Waals surface area (Å²) in [7, 11) is 1.78. The smallest absolute Gasteiger partial charge is 0.261 e. The summed E-state index contributed by atoms with van der Waals surface area (Å²) in [6.45, 7) is 3.44. The summed E-state index contributed by atoms with van der Waals surface area (Å²) < 4.78 is 0. The molecule has 5 rings (SSSR count). The topological polar surface area (TPSA) is 72.5 Å². The molecule has 2 amide bonds. The Morgan fingerprint density at radius 2 is 1.76 bits per heavy atom. The number of benzene rings is 2. The molecule has 1 fully saturated rings. The third-order valence-electron chi connectivity index (χ3n) is 6.79. The van der Waals surface area contributed by atoms with Crippen LogP contribution in [0.1, 0.15) is 45.9 Å². The van der Waals surface area contributed by atoms with Crippen LogP contribution in [0.15, 0.2) is 60.8 Å². The van der Waals surface area contributed by atoms with E-state index < -0.39 is 0 Å². The zero-order valence-corrected chi connectivity index (χ0v) is 18.9. The number of aromatic amines is 1. The molecular formula is C26H29N5O2. The first-order chi connectivity index (χ1) is 16.1. The van der Waals surface area contributed by atoms with Crippen LogP contribution in [0, 0.1) is 0 Å². The molecule has 7 heteroatoms. The molecule has 1 saturated heterocycles. The Kier molecular flexibility index (Phi) is 5.96. The van der Waals surface area contributed by atoms with E-state index in [1.165, 1.54) is 11.1 Å². The van der Waals surface area contributed by atoms with Gasteiger partial charge in [-0.15, -0.1) is 0 Å². The lowest BCUT2D eigenvalue weighted by atomic mass is 9.92. The maximum Gasteiger partial charge on any atom is 0.261 e. The van der Waals surface area contributed by atoms with Crippen LogP contribution in [0.3, 0.4) is 0 Å². The van der Waals surface area contributed by atoms with Crippen molar-refractivity contribution in [3.05, 3.63) is 83.2 Å². The molecule has 0 spiro atoms. The fourth-order valence-electron chi connectivity index (χ4n) is 4.97. The van der Waals surface area contributed by atoms with Crippen LogP contribution in [-0.2, 0) is 17.9 Å². The van der Waals surface area contributed by atoms with E-state index in [0.717, 1.165) is 43.9 Å². The number of para-hydroxylation sites is 1. The summed E-state index contributed by atoms with van der Waals surface area (Å²) in [5.74, 6) is 0.133. The first-order valence-electron chi connectivity index (χ1n) is 11.5. The zero-order chi connectivity index (χ0) is 22.8. The van der Waals surface area contributed by atoms with Gasteiger partial charge in [-0.3, -0.25) is 19.6 Å². The second kappa shape index (κ2) is 9.19. The molecule has 0 unspecified atom stereocenters. The number of H-pyrrole nitrogens is 1. The van der Waals surface area contributed by atoms with Crippen LogP contribution >= 0.6 is 0 Å². The Bertz CT molecular complexity index is 1120. The number of carbonyl (C=O) groups is 2. The van der Waals surface area contributed by atoms with Crippen molar-refractivity contribution < 1.29 is 9.59 Å². The third kappa shape index (κ3) is 4.41. The number of fused-ring (bicyclic) bond motifs is 1. The number of piperidine rings is 1. The number of amides is 2. The molecule has 2 aromatic carbocycles. The molecule has 1 aromatic heterocycles. The van der Waals surface area contributed by atoms with Gasteiger partial charge in [0.05, 0.1) is 24.0 Å². The van der Waals surface area contributed by atoms with Gasteiger partial charge in [-0.05, 0) is 36.1 Å². The number of rotatable bonds is 5. The SMILES string of the molecule is CN(C(=O)c1cn[nH]c1[C@@H]1CCCN(C(=O)CN2Cc3ccccc3C2)C1)c1ccccc1. The van der Waals surface area contributed by atoms with Gasteiger partial charge in [-0.2, -0.15) is 5.10 Å². The van der Waals surface area contributed by atoms with E-state index in [9.17, 15) is 9.59 Å². The van der Waals surface area contributed by atoms with E-state index >= 15 is 0 Å². The Hall–Kier alpha value is -3.45. The van der Waals surface area contributed by atoms with E-state index in [1.807, 2.05) is 35.2 Å². The van der Waals surface area contributed by atoms with Crippen molar-refractivity contribution in [2.45, 2.75) is 31.8 Å².